The number of carbonyl (C=O) groups excluding carboxylic acids is 1. The maximum Gasteiger partial charge on any atom is 0.297 e. The zero-order chi connectivity index (χ0) is 16.9. The van der Waals surface area contributed by atoms with Crippen LogP contribution in [0, 0.1) is 6.92 Å². The molecule has 3 rings (SSSR count). The van der Waals surface area contributed by atoms with Gasteiger partial charge in [0.1, 0.15) is 5.82 Å². The quantitative estimate of drug-likeness (QED) is 0.644. The number of aryl methyl sites for hydroxylation is 1. The van der Waals surface area contributed by atoms with Crippen molar-refractivity contribution in [3.8, 4) is 0 Å². The minimum Gasteiger partial charge on any atom is -0.382 e. The van der Waals surface area contributed by atoms with E-state index in [1.54, 1.807) is 37.5 Å². The van der Waals surface area contributed by atoms with E-state index in [9.17, 15) is 4.79 Å². The lowest BCUT2D eigenvalue weighted by Gasteiger charge is -2.09. The molecule has 9 heteroatoms. The van der Waals surface area contributed by atoms with Crippen LogP contribution in [-0.2, 0) is 6.54 Å². The van der Waals surface area contributed by atoms with E-state index in [4.69, 9.17) is 10.3 Å². The minimum absolute atomic E-state index is 0.0212. The molecule has 3 heterocycles. The summed E-state index contributed by atoms with van der Waals surface area (Å²) in [6.07, 6.45) is 3.22. The van der Waals surface area contributed by atoms with Gasteiger partial charge >= 0.3 is 0 Å². The fraction of sp³-hybridized carbons (Fsp3) is 0.133. The highest BCUT2D eigenvalue weighted by atomic mass is 16.5. The Bertz CT molecular complexity index is 862. The average molecular weight is 325 g/mol. The monoisotopic (exact) mass is 325 g/mol. The molecule has 9 nitrogen and oxygen atoms in total. The van der Waals surface area contributed by atoms with Crippen molar-refractivity contribution in [3.63, 3.8) is 0 Å². The van der Waals surface area contributed by atoms with Gasteiger partial charge in [-0.2, -0.15) is 4.98 Å². The molecule has 1 amide bonds. The van der Waals surface area contributed by atoms with Gasteiger partial charge in [0.2, 0.25) is 5.89 Å². The van der Waals surface area contributed by atoms with E-state index < -0.39 is 5.91 Å². The highest BCUT2D eigenvalue weighted by Crippen LogP contribution is 2.16. The summed E-state index contributed by atoms with van der Waals surface area (Å²) >= 11 is 0. The van der Waals surface area contributed by atoms with Crippen LogP contribution in [0.25, 0.3) is 0 Å². The van der Waals surface area contributed by atoms with Crippen LogP contribution in [0.4, 0.5) is 17.2 Å². The normalized spacial score (nSPS) is 10.4. The topological polar surface area (TPSA) is 132 Å². The van der Waals surface area contributed by atoms with Crippen molar-refractivity contribution in [3.05, 3.63) is 54.1 Å². The lowest BCUT2D eigenvalue weighted by atomic mass is 10.3. The van der Waals surface area contributed by atoms with Gasteiger partial charge < -0.3 is 20.9 Å². The molecule has 3 aromatic heterocycles. The average Bonchev–Trinajstić information content (AvgIpc) is 3.01. The van der Waals surface area contributed by atoms with Crippen molar-refractivity contribution in [2.75, 3.05) is 16.4 Å². The van der Waals surface area contributed by atoms with Crippen LogP contribution >= 0.6 is 0 Å². The second-order valence-electron chi connectivity index (χ2n) is 4.92. The minimum atomic E-state index is -0.450. The van der Waals surface area contributed by atoms with Crippen LogP contribution in [0.5, 0.6) is 0 Å². The number of nitrogens with zero attached hydrogens (tertiary/aromatic N) is 4. The van der Waals surface area contributed by atoms with Crippen LogP contribution in [0.2, 0.25) is 0 Å². The molecule has 0 saturated heterocycles. The van der Waals surface area contributed by atoms with Crippen LogP contribution in [0.1, 0.15) is 22.2 Å². The molecule has 0 aliphatic rings. The van der Waals surface area contributed by atoms with E-state index in [2.05, 4.69) is 30.7 Å². The van der Waals surface area contributed by atoms with Crippen molar-refractivity contribution in [2.24, 2.45) is 0 Å². The van der Waals surface area contributed by atoms with Gasteiger partial charge in [0.15, 0.2) is 0 Å². The van der Waals surface area contributed by atoms with Crippen molar-refractivity contribution >= 4 is 23.1 Å². The smallest absolute Gasteiger partial charge is 0.297 e. The molecule has 0 fully saturated rings. The number of carbonyl (C=O) groups is 1. The summed E-state index contributed by atoms with van der Waals surface area (Å²) in [5.41, 5.74) is 7.79. The lowest BCUT2D eigenvalue weighted by Crippen LogP contribution is -2.14. The first-order valence-corrected chi connectivity index (χ1v) is 7.13. The van der Waals surface area contributed by atoms with Crippen LogP contribution in [-0.4, -0.2) is 26.0 Å². The Morgan fingerprint density at radius 2 is 2.17 bits per heavy atom. The summed E-state index contributed by atoms with van der Waals surface area (Å²) in [6, 6.07) is 7.03. The third-order valence-corrected chi connectivity index (χ3v) is 3.10. The summed E-state index contributed by atoms with van der Waals surface area (Å²) in [7, 11) is 0. The molecule has 24 heavy (non-hydrogen) atoms. The molecule has 3 aromatic rings. The Morgan fingerprint density at radius 1 is 1.29 bits per heavy atom. The highest BCUT2D eigenvalue weighted by Gasteiger charge is 2.13. The molecule has 122 valence electrons. The molecule has 0 aromatic carbocycles. The number of hydrogen-bond donors (Lipinski definition) is 3. The van der Waals surface area contributed by atoms with Crippen molar-refractivity contribution in [1.82, 2.24) is 20.1 Å². The van der Waals surface area contributed by atoms with Gasteiger partial charge in [0.05, 0.1) is 17.9 Å². The maximum absolute atomic E-state index is 12.0. The van der Waals surface area contributed by atoms with Gasteiger partial charge in [-0.25, -0.2) is 4.98 Å². The Kier molecular flexibility index (Phi) is 4.32. The second-order valence-corrected chi connectivity index (χ2v) is 4.92. The van der Waals surface area contributed by atoms with Crippen LogP contribution in [0.15, 0.2) is 41.2 Å². The number of hydrogen-bond acceptors (Lipinski definition) is 8. The predicted molar refractivity (Wildman–Crippen MR) is 87.2 cm³/mol. The third kappa shape index (κ3) is 3.64. The number of nitrogens with one attached hydrogen (secondary N) is 2. The van der Waals surface area contributed by atoms with E-state index >= 15 is 0 Å². The van der Waals surface area contributed by atoms with Crippen molar-refractivity contribution < 1.29 is 9.32 Å². The van der Waals surface area contributed by atoms with Crippen LogP contribution < -0.4 is 16.4 Å². The largest absolute Gasteiger partial charge is 0.382 e. The molecule has 0 atom stereocenters. The molecule has 0 saturated carbocycles. The van der Waals surface area contributed by atoms with E-state index in [-0.39, 0.29) is 5.82 Å². The summed E-state index contributed by atoms with van der Waals surface area (Å²) in [5.74, 6) is 0.267. The molecule has 0 unspecified atom stereocenters. The Labute approximate surface area is 137 Å². The third-order valence-electron chi connectivity index (χ3n) is 3.10. The number of pyridine rings is 2. The summed E-state index contributed by atoms with van der Waals surface area (Å²) in [5, 5.41) is 9.41. The maximum atomic E-state index is 12.0. The van der Waals surface area contributed by atoms with Gasteiger partial charge in [-0.05, 0) is 24.3 Å². The number of aromatic nitrogens is 4. The number of nitrogens with two attached hydrogens (primary N) is 1. The molecular weight excluding hydrogens is 310 g/mol. The Balaban J connectivity index is 1.66. The lowest BCUT2D eigenvalue weighted by molar-refractivity contribution is 0.101. The Morgan fingerprint density at radius 3 is 2.92 bits per heavy atom. The second kappa shape index (κ2) is 6.73. The van der Waals surface area contributed by atoms with E-state index in [0.29, 0.717) is 23.9 Å². The number of anilines is 3. The van der Waals surface area contributed by atoms with Gasteiger partial charge in [0.25, 0.3) is 11.7 Å². The Hall–Kier alpha value is -3.49. The van der Waals surface area contributed by atoms with Crippen molar-refractivity contribution in [2.45, 2.75) is 13.5 Å². The first kappa shape index (κ1) is 15.4. The number of amides is 1. The number of nitrogen functional groups attached to an aromatic ring is 1. The van der Waals surface area contributed by atoms with E-state index in [1.807, 2.05) is 6.07 Å². The zero-order valence-corrected chi connectivity index (χ0v) is 12.9. The first-order chi connectivity index (χ1) is 11.6. The fourth-order valence-electron chi connectivity index (χ4n) is 1.98. The standard InChI is InChI=1S/C15H15N7O2/c1-9-20-14(22-24-9)15(23)21-10-4-6-17-11(7-10)8-19-12-3-2-5-18-13(12)16/h2-7,19H,8H2,1H3,(H2,16,18)(H,17,21,23). The number of rotatable bonds is 5. The van der Waals surface area contributed by atoms with E-state index in [1.165, 1.54) is 0 Å². The van der Waals surface area contributed by atoms with Gasteiger partial charge in [-0.15, -0.1) is 0 Å². The van der Waals surface area contributed by atoms with Gasteiger partial charge in [0, 0.05) is 25.0 Å². The van der Waals surface area contributed by atoms with Gasteiger partial charge in [-0.1, -0.05) is 5.16 Å². The SMILES string of the molecule is Cc1nc(C(=O)Nc2ccnc(CNc3cccnc3N)c2)no1. The van der Waals surface area contributed by atoms with E-state index in [0.717, 1.165) is 11.4 Å². The summed E-state index contributed by atoms with van der Waals surface area (Å²) in [6.45, 7) is 2.05. The molecular formula is C15H15N7O2. The molecule has 0 radical (unpaired) electrons. The predicted octanol–water partition coefficient (Wildman–Crippen LogP) is 1.61. The molecule has 0 spiro atoms. The molecule has 4 N–H and O–H groups in total. The van der Waals surface area contributed by atoms with Crippen LogP contribution in [0.3, 0.4) is 0 Å². The highest BCUT2D eigenvalue weighted by molar-refractivity contribution is 6.01. The van der Waals surface area contributed by atoms with Gasteiger partial charge in [-0.3, -0.25) is 9.78 Å². The summed E-state index contributed by atoms with van der Waals surface area (Å²) < 4.78 is 4.78. The molecule has 0 aliphatic carbocycles. The molecule has 0 bridgehead atoms. The summed E-state index contributed by atoms with van der Waals surface area (Å²) in [4.78, 5) is 24.1. The zero-order valence-electron chi connectivity index (χ0n) is 12.9. The molecule has 0 aliphatic heterocycles. The van der Waals surface area contributed by atoms with Crippen molar-refractivity contribution in [1.29, 1.82) is 0 Å². The fourth-order valence-corrected chi connectivity index (χ4v) is 1.98. The first-order valence-electron chi connectivity index (χ1n) is 7.13.